The largest absolute Gasteiger partial charge is 0.493 e. The normalized spacial score (nSPS) is 19.4. The highest BCUT2D eigenvalue weighted by Crippen LogP contribution is 2.36. The Balaban J connectivity index is 2.30. The third-order valence-corrected chi connectivity index (χ3v) is 2.92. The van der Waals surface area contributed by atoms with Crippen LogP contribution in [-0.2, 0) is 4.74 Å². The zero-order valence-corrected chi connectivity index (χ0v) is 9.97. The molecule has 92 valence electrons. The van der Waals surface area contributed by atoms with Crippen LogP contribution in [-0.4, -0.2) is 30.4 Å². The molecule has 0 aromatic heterocycles. The molecule has 1 heterocycles. The molecule has 4 nitrogen and oxygen atoms in total. The fraction of sp³-hybridized carbons (Fsp3) is 0.462. The summed E-state index contributed by atoms with van der Waals surface area (Å²) in [7, 11) is 0. The van der Waals surface area contributed by atoms with Gasteiger partial charge in [-0.15, -0.1) is 0 Å². The number of rotatable bonds is 3. The summed E-state index contributed by atoms with van der Waals surface area (Å²) in [6.45, 7) is 4.30. The molecule has 1 N–H and O–H groups in total. The Hall–Kier alpha value is -1.55. The minimum absolute atomic E-state index is 0.0700. The molecule has 2 rings (SSSR count). The number of benzene rings is 1. The summed E-state index contributed by atoms with van der Waals surface area (Å²) >= 11 is 0. The van der Waals surface area contributed by atoms with Gasteiger partial charge in [0.05, 0.1) is 24.9 Å². The Morgan fingerprint density at radius 3 is 3.06 bits per heavy atom. The molecule has 0 radical (unpaired) electrons. The van der Waals surface area contributed by atoms with Gasteiger partial charge in [0.15, 0.2) is 0 Å². The third-order valence-electron chi connectivity index (χ3n) is 2.92. The summed E-state index contributed by atoms with van der Waals surface area (Å²) in [6.07, 6.45) is -0.492. The van der Waals surface area contributed by atoms with Crippen LogP contribution in [0.5, 0.6) is 5.75 Å². The van der Waals surface area contributed by atoms with Crippen molar-refractivity contribution in [2.24, 2.45) is 0 Å². The van der Waals surface area contributed by atoms with Crippen LogP contribution in [0, 0.1) is 0 Å². The van der Waals surface area contributed by atoms with E-state index in [0.29, 0.717) is 18.8 Å². The lowest BCUT2D eigenvalue weighted by Crippen LogP contribution is -2.16. The van der Waals surface area contributed by atoms with E-state index in [0.717, 1.165) is 11.3 Å². The fourth-order valence-electron chi connectivity index (χ4n) is 1.98. The van der Waals surface area contributed by atoms with Crippen molar-refractivity contribution in [3.05, 3.63) is 29.3 Å². The number of aliphatic hydroxyl groups is 1. The predicted molar refractivity (Wildman–Crippen MR) is 62.3 cm³/mol. The monoisotopic (exact) mass is 236 g/mol. The molecule has 1 aromatic rings. The van der Waals surface area contributed by atoms with Crippen molar-refractivity contribution in [1.29, 1.82) is 0 Å². The van der Waals surface area contributed by atoms with E-state index < -0.39 is 6.10 Å². The SMILES string of the molecule is CCOC(=O)c1ccc2c(c1)C(C(C)O)CO2. The van der Waals surface area contributed by atoms with Crippen molar-refractivity contribution in [2.45, 2.75) is 25.9 Å². The molecular formula is C13H16O4. The summed E-state index contributed by atoms with van der Waals surface area (Å²) < 4.78 is 10.4. The van der Waals surface area contributed by atoms with E-state index in [1.54, 1.807) is 32.0 Å². The molecule has 1 aromatic carbocycles. The number of carbonyl (C=O) groups is 1. The number of ether oxygens (including phenoxy) is 2. The lowest BCUT2D eigenvalue weighted by molar-refractivity contribution is 0.0526. The van der Waals surface area contributed by atoms with Gasteiger partial charge in [-0.2, -0.15) is 0 Å². The average molecular weight is 236 g/mol. The van der Waals surface area contributed by atoms with Crippen LogP contribution in [0.3, 0.4) is 0 Å². The fourth-order valence-corrected chi connectivity index (χ4v) is 1.98. The van der Waals surface area contributed by atoms with E-state index in [2.05, 4.69) is 0 Å². The van der Waals surface area contributed by atoms with Crippen LogP contribution in [0.1, 0.15) is 35.7 Å². The molecule has 0 saturated heterocycles. The van der Waals surface area contributed by atoms with Gasteiger partial charge in [0.1, 0.15) is 5.75 Å². The van der Waals surface area contributed by atoms with Crippen molar-refractivity contribution in [3.63, 3.8) is 0 Å². The third kappa shape index (κ3) is 2.26. The maximum absolute atomic E-state index is 11.6. The van der Waals surface area contributed by atoms with Crippen LogP contribution in [0.2, 0.25) is 0 Å². The van der Waals surface area contributed by atoms with Crippen LogP contribution in [0.4, 0.5) is 0 Å². The number of fused-ring (bicyclic) bond motifs is 1. The summed E-state index contributed by atoms with van der Waals surface area (Å²) in [6, 6.07) is 5.18. The Bertz CT molecular complexity index is 425. The molecule has 2 unspecified atom stereocenters. The van der Waals surface area contributed by atoms with E-state index >= 15 is 0 Å². The van der Waals surface area contributed by atoms with Crippen molar-refractivity contribution in [1.82, 2.24) is 0 Å². The zero-order chi connectivity index (χ0) is 12.4. The Morgan fingerprint density at radius 2 is 2.41 bits per heavy atom. The molecule has 0 bridgehead atoms. The number of hydrogen-bond donors (Lipinski definition) is 1. The molecule has 0 amide bonds. The second kappa shape index (κ2) is 4.75. The lowest BCUT2D eigenvalue weighted by Gasteiger charge is -2.12. The molecular weight excluding hydrogens is 220 g/mol. The average Bonchev–Trinajstić information content (AvgIpc) is 2.71. The number of carbonyl (C=O) groups excluding carboxylic acids is 1. The topological polar surface area (TPSA) is 55.8 Å². The molecule has 1 aliphatic rings. The minimum atomic E-state index is -0.492. The lowest BCUT2D eigenvalue weighted by atomic mass is 9.95. The first-order valence-electron chi connectivity index (χ1n) is 5.75. The maximum atomic E-state index is 11.6. The molecule has 1 aliphatic heterocycles. The van der Waals surface area contributed by atoms with Crippen LogP contribution < -0.4 is 4.74 Å². The van der Waals surface area contributed by atoms with Crippen molar-refractivity contribution in [3.8, 4) is 5.75 Å². The van der Waals surface area contributed by atoms with Gasteiger partial charge in [-0.05, 0) is 32.0 Å². The molecule has 17 heavy (non-hydrogen) atoms. The standard InChI is InChI=1S/C13H16O4/c1-3-16-13(15)9-4-5-12-10(6-9)11(7-17-12)8(2)14/h4-6,8,11,14H,3,7H2,1-2H3. The number of aliphatic hydroxyl groups excluding tert-OH is 1. The van der Waals surface area contributed by atoms with Gasteiger partial charge in [-0.1, -0.05) is 0 Å². The van der Waals surface area contributed by atoms with E-state index in [1.807, 2.05) is 0 Å². The van der Waals surface area contributed by atoms with E-state index in [9.17, 15) is 9.90 Å². The zero-order valence-electron chi connectivity index (χ0n) is 9.97. The van der Waals surface area contributed by atoms with Crippen LogP contribution in [0.25, 0.3) is 0 Å². The van der Waals surface area contributed by atoms with E-state index in [1.165, 1.54) is 0 Å². The van der Waals surface area contributed by atoms with Gasteiger partial charge >= 0.3 is 5.97 Å². The van der Waals surface area contributed by atoms with Gasteiger partial charge in [-0.3, -0.25) is 0 Å². The molecule has 4 heteroatoms. The van der Waals surface area contributed by atoms with Crippen molar-refractivity contribution < 1.29 is 19.4 Å². The maximum Gasteiger partial charge on any atom is 0.338 e. The van der Waals surface area contributed by atoms with Gasteiger partial charge in [0.25, 0.3) is 0 Å². The number of hydrogen-bond acceptors (Lipinski definition) is 4. The van der Waals surface area contributed by atoms with Crippen LogP contribution >= 0.6 is 0 Å². The summed E-state index contributed by atoms with van der Waals surface area (Å²) in [5.41, 5.74) is 1.38. The highest BCUT2D eigenvalue weighted by atomic mass is 16.5. The smallest absolute Gasteiger partial charge is 0.338 e. The first-order valence-corrected chi connectivity index (χ1v) is 5.75. The van der Waals surface area contributed by atoms with Gasteiger partial charge < -0.3 is 14.6 Å². The number of esters is 1. The Labute approximate surface area is 100 Å². The summed E-state index contributed by atoms with van der Waals surface area (Å²) in [5.74, 6) is 0.329. The first-order chi connectivity index (χ1) is 8.13. The first kappa shape index (κ1) is 11.9. The Kier molecular flexibility index (Phi) is 3.33. The quantitative estimate of drug-likeness (QED) is 0.812. The second-order valence-electron chi connectivity index (χ2n) is 4.13. The predicted octanol–water partition coefficient (Wildman–Crippen LogP) is 1.72. The van der Waals surface area contributed by atoms with E-state index in [4.69, 9.17) is 9.47 Å². The Morgan fingerprint density at radius 1 is 1.65 bits per heavy atom. The molecule has 0 aliphatic carbocycles. The molecule has 2 atom stereocenters. The van der Waals surface area contributed by atoms with Crippen molar-refractivity contribution in [2.75, 3.05) is 13.2 Å². The summed E-state index contributed by atoms with van der Waals surface area (Å²) in [5, 5.41) is 9.64. The molecule has 0 saturated carbocycles. The second-order valence-corrected chi connectivity index (χ2v) is 4.13. The minimum Gasteiger partial charge on any atom is -0.493 e. The van der Waals surface area contributed by atoms with E-state index in [-0.39, 0.29) is 11.9 Å². The molecule has 0 fully saturated rings. The van der Waals surface area contributed by atoms with Gasteiger partial charge in [0, 0.05) is 11.5 Å². The van der Waals surface area contributed by atoms with Crippen molar-refractivity contribution >= 4 is 5.97 Å². The highest BCUT2D eigenvalue weighted by Gasteiger charge is 2.28. The van der Waals surface area contributed by atoms with Gasteiger partial charge in [-0.25, -0.2) is 4.79 Å². The van der Waals surface area contributed by atoms with Crippen LogP contribution in [0.15, 0.2) is 18.2 Å². The summed E-state index contributed by atoms with van der Waals surface area (Å²) in [4.78, 5) is 11.6. The molecule has 0 spiro atoms. The van der Waals surface area contributed by atoms with Gasteiger partial charge in [0.2, 0.25) is 0 Å². The highest BCUT2D eigenvalue weighted by molar-refractivity contribution is 5.90.